The van der Waals surface area contributed by atoms with E-state index in [1.54, 1.807) is 30.3 Å². The molecule has 124 valence electrons. The standard InChI is InChI=1S/C16H14N2O4S2/c1-9-15(19)18-13-7-10(5-6-14(13)23-9)16(20)17-11-3-2-4-12(8-11)24(21)22/h2-9H,1H3,(H,17,20)(H,18,19)(H,21,22)/p-1. The van der Waals surface area contributed by atoms with Gasteiger partial charge in [0.1, 0.15) is 0 Å². The van der Waals surface area contributed by atoms with Gasteiger partial charge in [-0.25, -0.2) is 0 Å². The molecule has 0 saturated carbocycles. The highest BCUT2D eigenvalue weighted by atomic mass is 32.2. The lowest BCUT2D eigenvalue weighted by Gasteiger charge is -2.21. The van der Waals surface area contributed by atoms with Crippen molar-refractivity contribution in [2.45, 2.75) is 22.0 Å². The van der Waals surface area contributed by atoms with Crippen molar-refractivity contribution in [3.8, 4) is 0 Å². The lowest BCUT2D eigenvalue weighted by molar-refractivity contribution is -0.115. The first-order valence-electron chi connectivity index (χ1n) is 7.06. The molecule has 2 aromatic carbocycles. The molecule has 2 amide bonds. The third kappa shape index (κ3) is 3.50. The number of hydrogen-bond acceptors (Lipinski definition) is 5. The minimum atomic E-state index is -2.36. The van der Waals surface area contributed by atoms with Gasteiger partial charge in [0.25, 0.3) is 5.91 Å². The lowest BCUT2D eigenvalue weighted by Crippen LogP contribution is -2.26. The van der Waals surface area contributed by atoms with Crippen molar-refractivity contribution >= 4 is 46.0 Å². The smallest absolute Gasteiger partial charge is 0.255 e. The number of carbonyl (C=O) groups excluding carboxylic acids is 2. The zero-order chi connectivity index (χ0) is 17.3. The normalized spacial score (nSPS) is 17.6. The van der Waals surface area contributed by atoms with Gasteiger partial charge in [-0.15, -0.1) is 11.8 Å². The number of anilines is 2. The Bertz CT molecular complexity index is 854. The maximum atomic E-state index is 12.3. The van der Waals surface area contributed by atoms with E-state index in [0.29, 0.717) is 16.9 Å². The van der Waals surface area contributed by atoms with Crippen LogP contribution in [-0.2, 0) is 15.9 Å². The highest BCUT2D eigenvalue weighted by Crippen LogP contribution is 2.36. The Labute approximate surface area is 145 Å². The maximum absolute atomic E-state index is 12.3. The van der Waals surface area contributed by atoms with Gasteiger partial charge in [0, 0.05) is 21.0 Å². The van der Waals surface area contributed by atoms with E-state index in [-0.39, 0.29) is 22.0 Å². The second kappa shape index (κ2) is 6.76. The van der Waals surface area contributed by atoms with Crippen LogP contribution in [0.15, 0.2) is 52.3 Å². The minimum absolute atomic E-state index is 0.0934. The Kier molecular flexibility index (Phi) is 4.70. The number of fused-ring (bicyclic) bond motifs is 1. The molecule has 1 heterocycles. The van der Waals surface area contributed by atoms with Crippen molar-refractivity contribution in [3.05, 3.63) is 48.0 Å². The molecule has 0 fully saturated rings. The summed E-state index contributed by atoms with van der Waals surface area (Å²) in [6.45, 7) is 1.82. The zero-order valence-electron chi connectivity index (χ0n) is 12.6. The van der Waals surface area contributed by atoms with Crippen LogP contribution in [0.4, 0.5) is 11.4 Å². The highest BCUT2D eigenvalue weighted by molar-refractivity contribution is 8.00. The largest absolute Gasteiger partial charge is 0.768 e. The summed E-state index contributed by atoms with van der Waals surface area (Å²) in [6, 6.07) is 11.0. The predicted molar refractivity (Wildman–Crippen MR) is 92.0 cm³/mol. The third-order valence-corrected chi connectivity index (χ3v) is 5.27. The summed E-state index contributed by atoms with van der Waals surface area (Å²) in [5, 5.41) is 5.25. The highest BCUT2D eigenvalue weighted by Gasteiger charge is 2.23. The molecule has 2 unspecified atom stereocenters. The Hall–Kier alpha value is -2.16. The van der Waals surface area contributed by atoms with Crippen LogP contribution in [0.1, 0.15) is 17.3 Å². The predicted octanol–water partition coefficient (Wildman–Crippen LogP) is 2.61. The van der Waals surface area contributed by atoms with Crippen LogP contribution in [0.3, 0.4) is 0 Å². The fraction of sp³-hybridized carbons (Fsp3) is 0.125. The number of nitrogens with one attached hydrogen (secondary N) is 2. The van der Waals surface area contributed by atoms with Crippen molar-refractivity contribution in [1.29, 1.82) is 0 Å². The van der Waals surface area contributed by atoms with Crippen molar-refractivity contribution in [2.75, 3.05) is 10.6 Å². The molecule has 2 aromatic rings. The SMILES string of the molecule is CC1Sc2ccc(C(=O)Nc3cccc(S(=O)[O-])c3)cc2NC1=O. The molecule has 0 spiro atoms. The van der Waals surface area contributed by atoms with Crippen LogP contribution in [-0.4, -0.2) is 25.8 Å². The Morgan fingerprint density at radius 3 is 2.83 bits per heavy atom. The van der Waals surface area contributed by atoms with Crippen LogP contribution in [0, 0.1) is 0 Å². The van der Waals surface area contributed by atoms with E-state index in [1.165, 1.54) is 23.9 Å². The Morgan fingerprint density at radius 2 is 2.08 bits per heavy atom. The van der Waals surface area contributed by atoms with Crippen molar-refractivity contribution in [1.82, 2.24) is 0 Å². The van der Waals surface area contributed by atoms with Crippen LogP contribution < -0.4 is 10.6 Å². The summed E-state index contributed by atoms with van der Waals surface area (Å²) in [4.78, 5) is 25.1. The molecule has 0 bridgehead atoms. The summed E-state index contributed by atoms with van der Waals surface area (Å²) in [5.74, 6) is -0.486. The molecule has 0 saturated heterocycles. The summed E-state index contributed by atoms with van der Waals surface area (Å²) < 4.78 is 21.9. The summed E-state index contributed by atoms with van der Waals surface area (Å²) in [7, 11) is 0. The van der Waals surface area contributed by atoms with Crippen LogP contribution in [0.2, 0.25) is 0 Å². The molecular formula is C16H13N2O4S2-. The van der Waals surface area contributed by atoms with Crippen LogP contribution in [0.25, 0.3) is 0 Å². The van der Waals surface area contributed by atoms with E-state index in [1.807, 2.05) is 6.92 Å². The van der Waals surface area contributed by atoms with E-state index in [2.05, 4.69) is 10.6 Å². The number of hydrogen-bond donors (Lipinski definition) is 2. The second-order valence-electron chi connectivity index (χ2n) is 5.18. The molecule has 1 aliphatic rings. The first-order valence-corrected chi connectivity index (χ1v) is 9.02. The average Bonchev–Trinajstić information content (AvgIpc) is 2.55. The van der Waals surface area contributed by atoms with Gasteiger partial charge in [-0.2, -0.15) is 0 Å². The molecule has 0 aliphatic carbocycles. The average molecular weight is 361 g/mol. The second-order valence-corrected chi connectivity index (χ2v) is 7.50. The fourth-order valence-corrected chi connectivity index (χ4v) is 3.57. The quantitative estimate of drug-likeness (QED) is 0.819. The fourth-order valence-electron chi connectivity index (χ4n) is 2.23. The molecule has 24 heavy (non-hydrogen) atoms. The van der Waals surface area contributed by atoms with E-state index >= 15 is 0 Å². The summed E-state index contributed by atoms with van der Waals surface area (Å²) >= 11 is -0.922. The van der Waals surface area contributed by atoms with Gasteiger partial charge in [0.2, 0.25) is 5.91 Å². The Morgan fingerprint density at radius 1 is 1.29 bits per heavy atom. The topological polar surface area (TPSA) is 98.3 Å². The molecule has 3 rings (SSSR count). The van der Waals surface area contributed by atoms with Crippen LogP contribution in [0.5, 0.6) is 0 Å². The van der Waals surface area contributed by atoms with Crippen molar-refractivity contribution in [2.24, 2.45) is 0 Å². The molecule has 2 N–H and O–H groups in total. The summed E-state index contributed by atoms with van der Waals surface area (Å²) in [5.41, 5.74) is 1.36. The summed E-state index contributed by atoms with van der Waals surface area (Å²) in [6.07, 6.45) is 0. The van der Waals surface area contributed by atoms with E-state index < -0.39 is 11.1 Å². The zero-order valence-corrected chi connectivity index (χ0v) is 14.2. The molecule has 1 aliphatic heterocycles. The number of amides is 2. The van der Waals surface area contributed by atoms with Crippen molar-refractivity contribution < 1.29 is 18.4 Å². The monoisotopic (exact) mass is 361 g/mol. The van der Waals surface area contributed by atoms with Gasteiger partial charge in [-0.05, 0) is 54.4 Å². The van der Waals surface area contributed by atoms with Gasteiger partial charge in [0.15, 0.2) is 0 Å². The molecule has 8 heteroatoms. The molecule has 2 atom stereocenters. The van der Waals surface area contributed by atoms with Gasteiger partial charge in [0.05, 0.1) is 10.9 Å². The first kappa shape index (κ1) is 16.7. The number of carbonyl (C=O) groups is 2. The third-order valence-electron chi connectivity index (χ3n) is 3.46. The van der Waals surface area contributed by atoms with Gasteiger partial charge in [-0.3, -0.25) is 13.8 Å². The number of benzene rings is 2. The number of thioether (sulfide) groups is 1. The molecule has 0 radical (unpaired) electrons. The van der Waals surface area contributed by atoms with Gasteiger partial charge >= 0.3 is 0 Å². The first-order chi connectivity index (χ1) is 11.4. The van der Waals surface area contributed by atoms with E-state index in [4.69, 9.17) is 0 Å². The molecule has 0 aromatic heterocycles. The molecular weight excluding hydrogens is 348 g/mol. The molecule has 6 nitrogen and oxygen atoms in total. The van der Waals surface area contributed by atoms with Crippen molar-refractivity contribution in [3.63, 3.8) is 0 Å². The number of rotatable bonds is 3. The Balaban J connectivity index is 1.81. The van der Waals surface area contributed by atoms with E-state index in [9.17, 15) is 18.4 Å². The lowest BCUT2D eigenvalue weighted by atomic mass is 10.1. The van der Waals surface area contributed by atoms with Crippen LogP contribution >= 0.6 is 11.8 Å². The minimum Gasteiger partial charge on any atom is -0.768 e. The van der Waals surface area contributed by atoms with E-state index in [0.717, 1.165) is 4.90 Å². The maximum Gasteiger partial charge on any atom is 0.255 e. The van der Waals surface area contributed by atoms with Gasteiger partial charge < -0.3 is 15.2 Å². The van der Waals surface area contributed by atoms with Gasteiger partial charge in [-0.1, -0.05) is 6.07 Å².